The summed E-state index contributed by atoms with van der Waals surface area (Å²) in [5.41, 5.74) is 2.62. The molecule has 1 aliphatic heterocycles. The molecule has 1 atom stereocenters. The minimum Gasteiger partial charge on any atom is -0.497 e. The van der Waals surface area contributed by atoms with Gasteiger partial charge in [0.15, 0.2) is 0 Å². The fourth-order valence-corrected chi connectivity index (χ4v) is 6.39. The predicted octanol–water partition coefficient (Wildman–Crippen LogP) is 8.26. The number of likely N-dealkylation sites (N-methyl/N-ethyl adjacent to an activating group) is 1. The van der Waals surface area contributed by atoms with Crippen LogP contribution in [0.1, 0.15) is 41.1 Å². The van der Waals surface area contributed by atoms with Crippen molar-refractivity contribution in [3.63, 3.8) is 0 Å². The third-order valence-corrected chi connectivity index (χ3v) is 9.32. The summed E-state index contributed by atoms with van der Waals surface area (Å²) in [6.45, 7) is 7.25. The van der Waals surface area contributed by atoms with Crippen molar-refractivity contribution < 1.29 is 27.4 Å². The number of piperidine rings is 1. The van der Waals surface area contributed by atoms with Crippen LogP contribution < -0.4 is 14.8 Å². The van der Waals surface area contributed by atoms with Crippen LogP contribution in [-0.4, -0.2) is 78.0 Å². The fourth-order valence-electron chi connectivity index (χ4n) is 6.09. The number of carbonyl (C=O) groups excluding carboxylic acids is 1. The zero-order chi connectivity index (χ0) is 34.4. The Morgan fingerprint density at radius 2 is 1.88 bits per heavy atom. The molecule has 4 aromatic rings. The van der Waals surface area contributed by atoms with Crippen LogP contribution in [0, 0.1) is 0 Å². The van der Waals surface area contributed by atoms with Crippen molar-refractivity contribution in [1.82, 2.24) is 19.4 Å². The minimum atomic E-state index is -4.96. The number of imidazole rings is 1. The van der Waals surface area contributed by atoms with Gasteiger partial charge in [-0.05, 0) is 73.8 Å². The number of ether oxygens (including phenoxy) is 2. The van der Waals surface area contributed by atoms with Crippen molar-refractivity contribution in [2.24, 2.45) is 0 Å². The van der Waals surface area contributed by atoms with Crippen LogP contribution in [0.2, 0.25) is 10.0 Å². The van der Waals surface area contributed by atoms with Gasteiger partial charge in [0.1, 0.15) is 11.5 Å². The molecule has 0 bridgehead atoms. The van der Waals surface area contributed by atoms with E-state index in [0.717, 1.165) is 61.1 Å². The van der Waals surface area contributed by atoms with Crippen molar-refractivity contribution in [1.29, 1.82) is 0 Å². The van der Waals surface area contributed by atoms with Gasteiger partial charge < -0.3 is 29.2 Å². The molecule has 1 aliphatic rings. The maximum atomic E-state index is 13.6. The summed E-state index contributed by atoms with van der Waals surface area (Å²) in [6, 6.07) is 17.3. The summed E-state index contributed by atoms with van der Waals surface area (Å²) in [7, 11) is 2.93. The summed E-state index contributed by atoms with van der Waals surface area (Å²) >= 11 is 12.6. The molecule has 0 saturated carbocycles. The summed E-state index contributed by atoms with van der Waals surface area (Å²) < 4.78 is 50.9. The minimum absolute atomic E-state index is 0.180. The zero-order valence-electron chi connectivity index (χ0n) is 26.8. The topological polar surface area (TPSA) is 71.9 Å². The summed E-state index contributed by atoms with van der Waals surface area (Å²) in [4.78, 5) is 22.2. The van der Waals surface area contributed by atoms with E-state index in [1.807, 2.05) is 30.3 Å². The molecule has 48 heavy (non-hydrogen) atoms. The first kappa shape index (κ1) is 35.4. The summed E-state index contributed by atoms with van der Waals surface area (Å²) in [5.74, 6) is -0.337. The standard InChI is InChI=1S/C35H38Cl2F3N5O3/c1-4-16-45-31-8-6-5-7-30(31)42-34(45)41-25-14-18-44(19-15-25)17-13-24(23-9-11-28(36)29(37)20-23)22-43(2)33(46)27-21-26(47-3)10-12-32(27)48-35(38,39)40/h4-12,20-21,24-25H,1,13-19,22H2,2-3H3,(H,41,42). The highest BCUT2D eigenvalue weighted by Crippen LogP contribution is 2.33. The number of carbonyl (C=O) groups is 1. The average Bonchev–Trinajstić information content (AvgIpc) is 3.40. The number of para-hydroxylation sites is 2. The normalized spacial score (nSPS) is 14.9. The highest BCUT2D eigenvalue weighted by molar-refractivity contribution is 6.42. The molecular weight excluding hydrogens is 666 g/mol. The van der Waals surface area contributed by atoms with Gasteiger partial charge in [0.25, 0.3) is 5.91 Å². The predicted molar refractivity (Wildman–Crippen MR) is 183 cm³/mol. The number of nitrogens with one attached hydrogen (secondary N) is 1. The van der Waals surface area contributed by atoms with Crippen molar-refractivity contribution in [3.8, 4) is 11.5 Å². The molecular formula is C35H38Cl2F3N5O3. The van der Waals surface area contributed by atoms with E-state index < -0.39 is 18.0 Å². The number of allylic oxidation sites excluding steroid dienone is 1. The number of aromatic nitrogens is 2. The average molecular weight is 705 g/mol. The zero-order valence-corrected chi connectivity index (χ0v) is 28.3. The van der Waals surface area contributed by atoms with E-state index in [-0.39, 0.29) is 29.8 Å². The highest BCUT2D eigenvalue weighted by Gasteiger charge is 2.34. The summed E-state index contributed by atoms with van der Waals surface area (Å²) in [5, 5.41) is 4.44. The number of likely N-dealkylation sites (tertiary alicyclic amines) is 1. The Bertz CT molecular complexity index is 1740. The van der Waals surface area contributed by atoms with Crippen LogP contribution in [0.25, 0.3) is 11.0 Å². The van der Waals surface area contributed by atoms with Crippen LogP contribution in [0.3, 0.4) is 0 Å². The fraction of sp³-hybridized carbons (Fsp3) is 0.371. The first-order chi connectivity index (χ1) is 23.0. The molecule has 8 nitrogen and oxygen atoms in total. The Hall–Kier alpha value is -3.93. The maximum Gasteiger partial charge on any atom is 0.573 e. The van der Waals surface area contributed by atoms with Gasteiger partial charge in [-0.2, -0.15) is 0 Å². The van der Waals surface area contributed by atoms with E-state index in [9.17, 15) is 18.0 Å². The van der Waals surface area contributed by atoms with Crippen molar-refractivity contribution in [2.45, 2.75) is 44.1 Å². The molecule has 1 amide bonds. The van der Waals surface area contributed by atoms with E-state index in [2.05, 4.69) is 32.2 Å². The van der Waals surface area contributed by atoms with E-state index >= 15 is 0 Å². The number of amides is 1. The molecule has 3 aromatic carbocycles. The van der Waals surface area contributed by atoms with Gasteiger partial charge in [-0.1, -0.05) is 47.5 Å². The Labute approximate surface area is 288 Å². The van der Waals surface area contributed by atoms with Crippen LogP contribution in [0.15, 0.2) is 73.3 Å². The van der Waals surface area contributed by atoms with Gasteiger partial charge in [0.2, 0.25) is 5.95 Å². The lowest BCUT2D eigenvalue weighted by Gasteiger charge is -2.34. The van der Waals surface area contributed by atoms with Crippen LogP contribution in [0.4, 0.5) is 19.1 Å². The van der Waals surface area contributed by atoms with Crippen molar-refractivity contribution in [2.75, 3.05) is 45.7 Å². The first-order valence-corrected chi connectivity index (χ1v) is 16.4. The van der Waals surface area contributed by atoms with Crippen molar-refractivity contribution in [3.05, 3.63) is 94.5 Å². The van der Waals surface area contributed by atoms with E-state index in [1.165, 1.54) is 24.1 Å². The molecule has 256 valence electrons. The molecule has 1 fully saturated rings. The SMILES string of the molecule is C=CCn1c(NC2CCN(CCC(CN(C)C(=O)c3cc(OC)ccc3OC(F)(F)F)c3ccc(Cl)c(Cl)c3)CC2)nc2ccccc21. The smallest absolute Gasteiger partial charge is 0.497 e. The first-order valence-electron chi connectivity index (χ1n) is 15.6. The van der Waals surface area contributed by atoms with Crippen LogP contribution in [0.5, 0.6) is 11.5 Å². The lowest BCUT2D eigenvalue weighted by Crippen LogP contribution is -2.40. The number of halogens is 5. The number of benzene rings is 3. The Morgan fingerprint density at radius 3 is 2.56 bits per heavy atom. The van der Waals surface area contributed by atoms with Gasteiger partial charge in [-0.25, -0.2) is 4.98 Å². The molecule has 1 unspecified atom stereocenters. The third kappa shape index (κ3) is 8.75. The summed E-state index contributed by atoms with van der Waals surface area (Å²) in [6.07, 6.45) is -0.583. The molecule has 2 heterocycles. The number of nitrogens with zero attached hydrogens (tertiary/aromatic N) is 4. The second kappa shape index (κ2) is 15.5. The molecule has 5 rings (SSSR count). The number of alkyl halides is 3. The van der Waals surface area contributed by atoms with Crippen molar-refractivity contribution >= 4 is 46.1 Å². The maximum absolute atomic E-state index is 13.6. The molecule has 1 saturated heterocycles. The van der Waals surface area contributed by atoms with Gasteiger partial charge in [-0.15, -0.1) is 19.8 Å². The Kier molecular flexibility index (Phi) is 11.4. The number of fused-ring (bicyclic) bond motifs is 1. The Morgan fingerprint density at radius 1 is 1.12 bits per heavy atom. The number of rotatable bonds is 13. The second-order valence-corrected chi connectivity index (χ2v) is 12.7. The monoisotopic (exact) mass is 703 g/mol. The highest BCUT2D eigenvalue weighted by atomic mass is 35.5. The van der Waals surface area contributed by atoms with E-state index in [1.54, 1.807) is 19.2 Å². The number of anilines is 1. The lowest BCUT2D eigenvalue weighted by atomic mass is 9.94. The lowest BCUT2D eigenvalue weighted by molar-refractivity contribution is -0.274. The van der Waals surface area contributed by atoms with Gasteiger partial charge in [0.05, 0.1) is 33.8 Å². The molecule has 13 heteroatoms. The number of hydrogen-bond acceptors (Lipinski definition) is 6. The van der Waals surface area contributed by atoms with E-state index in [0.29, 0.717) is 23.0 Å². The quantitative estimate of drug-likeness (QED) is 0.141. The van der Waals surface area contributed by atoms with Gasteiger partial charge in [0, 0.05) is 45.2 Å². The third-order valence-electron chi connectivity index (χ3n) is 8.58. The molecule has 0 spiro atoms. The Balaban J connectivity index is 1.26. The number of methoxy groups -OCH3 is 1. The molecule has 0 radical (unpaired) electrons. The number of hydrogen-bond donors (Lipinski definition) is 1. The van der Waals surface area contributed by atoms with E-state index in [4.69, 9.17) is 32.9 Å². The largest absolute Gasteiger partial charge is 0.573 e. The molecule has 1 N–H and O–H groups in total. The van der Waals surface area contributed by atoms with Crippen LogP contribution >= 0.6 is 23.2 Å². The van der Waals surface area contributed by atoms with Crippen LogP contribution in [-0.2, 0) is 6.54 Å². The molecule has 1 aromatic heterocycles. The van der Waals surface area contributed by atoms with Gasteiger partial charge >= 0.3 is 6.36 Å². The van der Waals surface area contributed by atoms with Gasteiger partial charge in [-0.3, -0.25) is 4.79 Å². The molecule has 0 aliphatic carbocycles. The second-order valence-electron chi connectivity index (χ2n) is 11.8.